The predicted octanol–water partition coefficient (Wildman–Crippen LogP) is 4.04. The molecule has 194 valence electrons. The molecule has 0 spiro atoms. The molecule has 4 atom stereocenters. The minimum absolute atomic E-state index is 0.00169. The van der Waals surface area contributed by atoms with E-state index >= 15 is 0 Å². The van der Waals surface area contributed by atoms with Crippen molar-refractivity contribution in [3.63, 3.8) is 0 Å². The highest BCUT2D eigenvalue weighted by Gasteiger charge is 2.53. The number of hydrogen-bond donors (Lipinski definition) is 1. The fourth-order valence-electron chi connectivity index (χ4n) is 5.41. The molecule has 0 radical (unpaired) electrons. The van der Waals surface area contributed by atoms with Crippen LogP contribution in [-0.4, -0.2) is 61.5 Å². The van der Waals surface area contributed by atoms with Crippen LogP contribution in [-0.2, 0) is 9.53 Å². The first-order chi connectivity index (χ1) is 17.2. The molecule has 1 fully saturated rings. The van der Waals surface area contributed by atoms with Crippen LogP contribution < -0.4 is 15.6 Å². The van der Waals surface area contributed by atoms with E-state index in [2.05, 4.69) is 96.7 Å². The smallest absolute Gasteiger partial charge is 0.248 e. The van der Waals surface area contributed by atoms with Gasteiger partial charge in [-0.15, -0.1) is 9.24 Å². The summed E-state index contributed by atoms with van der Waals surface area (Å²) in [4.78, 5) is 16.4. The molecule has 2 aromatic rings. The first kappa shape index (κ1) is 26.8. The van der Waals surface area contributed by atoms with Crippen LogP contribution in [0.3, 0.4) is 0 Å². The van der Waals surface area contributed by atoms with Crippen LogP contribution in [0.1, 0.15) is 49.8 Å². The quantitative estimate of drug-likeness (QED) is 0.547. The van der Waals surface area contributed by atoms with E-state index in [0.717, 1.165) is 60.2 Å². The van der Waals surface area contributed by atoms with Crippen LogP contribution in [0, 0.1) is 19.8 Å². The molecule has 2 aromatic carbocycles. The van der Waals surface area contributed by atoms with Crippen LogP contribution in [0.5, 0.6) is 0 Å². The Balaban J connectivity index is 1.73. The molecule has 4 unspecified atom stereocenters. The van der Waals surface area contributed by atoms with E-state index in [1.807, 2.05) is 5.01 Å². The topological polar surface area (TPSA) is 57.2 Å². The zero-order valence-corrected chi connectivity index (χ0v) is 23.5. The Bertz CT molecular complexity index is 1100. The first-order valence-electron chi connectivity index (χ1n) is 13.1. The van der Waals surface area contributed by atoms with Gasteiger partial charge in [0.1, 0.15) is 5.54 Å². The maximum atomic E-state index is 14.2. The monoisotopic (exact) mass is 508 g/mol. The lowest BCUT2D eigenvalue weighted by molar-refractivity contribution is -0.128. The molecule has 4 rings (SSSR count). The third kappa shape index (κ3) is 5.51. The Labute approximate surface area is 218 Å². The van der Waals surface area contributed by atoms with E-state index in [1.165, 1.54) is 5.56 Å². The number of nitrogens with zero attached hydrogens (tertiary/aromatic N) is 3. The highest BCUT2D eigenvalue weighted by Crippen LogP contribution is 2.42. The zero-order valence-electron chi connectivity index (χ0n) is 22.4. The Hall–Kier alpha value is -2.27. The summed E-state index contributed by atoms with van der Waals surface area (Å²) in [5.74, 6) is -0.0368. The van der Waals surface area contributed by atoms with Gasteiger partial charge in [0.05, 0.1) is 24.1 Å². The normalized spacial score (nSPS) is 24.6. The van der Waals surface area contributed by atoms with Crippen LogP contribution >= 0.6 is 9.24 Å². The number of ether oxygens (including phenoxy) is 1. The summed E-state index contributed by atoms with van der Waals surface area (Å²) in [6.45, 7) is 11.4. The zero-order chi connectivity index (χ0) is 25.9. The largest absolute Gasteiger partial charge is 0.374 e. The van der Waals surface area contributed by atoms with Crippen LogP contribution in [0.15, 0.2) is 47.6 Å². The average Bonchev–Trinajstić information content (AvgIpc) is 3.14. The molecule has 0 aromatic heterocycles. The van der Waals surface area contributed by atoms with E-state index in [0.29, 0.717) is 13.2 Å². The second kappa shape index (κ2) is 11.4. The number of morpholine rings is 1. The summed E-state index contributed by atoms with van der Waals surface area (Å²) in [6.07, 6.45) is 2.99. The fourth-order valence-corrected chi connectivity index (χ4v) is 5.60. The molecule has 0 bridgehead atoms. The Morgan fingerprint density at radius 2 is 1.97 bits per heavy atom. The predicted molar refractivity (Wildman–Crippen MR) is 152 cm³/mol. The van der Waals surface area contributed by atoms with Gasteiger partial charge in [-0.2, -0.15) is 5.10 Å². The number of hydrogen-bond acceptors (Lipinski definition) is 5. The minimum Gasteiger partial charge on any atom is -0.374 e. The Morgan fingerprint density at radius 1 is 1.22 bits per heavy atom. The van der Waals surface area contributed by atoms with Gasteiger partial charge in [0.25, 0.3) is 0 Å². The fraction of sp³-hybridized carbons (Fsp3) is 0.517. The van der Waals surface area contributed by atoms with Gasteiger partial charge in [0.2, 0.25) is 5.91 Å². The summed E-state index contributed by atoms with van der Waals surface area (Å²) in [5, 5.41) is 11.6. The van der Waals surface area contributed by atoms with Gasteiger partial charge in [-0.3, -0.25) is 4.79 Å². The van der Waals surface area contributed by atoms with Crippen molar-refractivity contribution in [2.45, 2.75) is 58.6 Å². The molecular weight excluding hydrogens is 467 g/mol. The maximum Gasteiger partial charge on any atom is 0.248 e. The number of nitrogens with one attached hydrogen (secondary N) is 1. The van der Waals surface area contributed by atoms with Crippen LogP contribution in [0.2, 0.25) is 0 Å². The lowest BCUT2D eigenvalue weighted by Crippen LogP contribution is -2.59. The van der Waals surface area contributed by atoms with Gasteiger partial charge in [0.15, 0.2) is 0 Å². The number of hydrazone groups is 1. The van der Waals surface area contributed by atoms with E-state index in [1.54, 1.807) is 0 Å². The van der Waals surface area contributed by atoms with E-state index in [4.69, 9.17) is 9.84 Å². The van der Waals surface area contributed by atoms with E-state index in [9.17, 15) is 4.79 Å². The standard InChI is InChI=1S/C29H41N4O2P/c1-6-7-8-25-27(22-10-12-24(36)13-11-22)31-33(26-14-9-20(2)17-21(26)3)29(25,4)28(34)30-18-23-19-32(5)15-16-35-23/h9-14,17,23,25H,6-8,15-16,18-19,36H2,1-5H3,(H,30,34). The number of unbranched alkanes of at least 4 members (excludes halogenated alkanes) is 1. The second-order valence-electron chi connectivity index (χ2n) is 10.5. The number of amides is 1. The van der Waals surface area contributed by atoms with Crippen LogP contribution in [0.25, 0.3) is 0 Å². The van der Waals surface area contributed by atoms with Crippen molar-refractivity contribution < 1.29 is 9.53 Å². The molecule has 7 heteroatoms. The second-order valence-corrected chi connectivity index (χ2v) is 11.2. The van der Waals surface area contributed by atoms with E-state index < -0.39 is 5.54 Å². The molecule has 36 heavy (non-hydrogen) atoms. The van der Waals surface area contributed by atoms with Gasteiger partial charge < -0.3 is 15.0 Å². The van der Waals surface area contributed by atoms with Crippen molar-refractivity contribution in [1.29, 1.82) is 0 Å². The summed E-state index contributed by atoms with van der Waals surface area (Å²) in [6, 6.07) is 14.8. The highest BCUT2D eigenvalue weighted by atomic mass is 31.0. The number of rotatable bonds is 8. The van der Waals surface area contributed by atoms with Gasteiger partial charge in [-0.1, -0.05) is 61.7 Å². The molecule has 1 amide bonds. The number of benzene rings is 2. The molecule has 1 N–H and O–H groups in total. The number of carbonyl (C=O) groups is 1. The molecule has 0 aliphatic carbocycles. The molecular formula is C29H41N4O2P. The van der Waals surface area contributed by atoms with E-state index in [-0.39, 0.29) is 17.9 Å². The first-order valence-corrected chi connectivity index (χ1v) is 13.7. The SMILES string of the molecule is CCCCC1C(c2ccc(P)cc2)=NN(c2ccc(C)cc2C)C1(C)C(=O)NCC1CN(C)CCO1. The molecule has 1 saturated heterocycles. The number of likely N-dealkylation sites (N-methyl/N-ethyl adjacent to an activating group) is 1. The Morgan fingerprint density at radius 3 is 2.64 bits per heavy atom. The third-order valence-corrected chi connectivity index (χ3v) is 7.97. The number of carbonyl (C=O) groups excluding carboxylic acids is 1. The highest BCUT2D eigenvalue weighted by molar-refractivity contribution is 7.27. The minimum atomic E-state index is -0.856. The van der Waals surface area contributed by atoms with Crippen molar-refractivity contribution >= 4 is 31.9 Å². The maximum absolute atomic E-state index is 14.2. The molecule has 2 aliphatic heterocycles. The average molecular weight is 509 g/mol. The third-order valence-electron chi connectivity index (χ3n) is 7.58. The van der Waals surface area contributed by atoms with Crippen LogP contribution in [0.4, 0.5) is 5.69 Å². The van der Waals surface area contributed by atoms with Gasteiger partial charge in [-0.05, 0) is 56.7 Å². The summed E-state index contributed by atoms with van der Waals surface area (Å²) in [5.41, 5.74) is 4.50. The lowest BCUT2D eigenvalue weighted by atomic mass is 9.76. The Kier molecular flexibility index (Phi) is 8.49. The lowest BCUT2D eigenvalue weighted by Gasteiger charge is -2.39. The molecule has 2 aliphatic rings. The molecule has 0 saturated carbocycles. The molecule has 2 heterocycles. The van der Waals surface area contributed by atoms with Crippen molar-refractivity contribution in [2.75, 3.05) is 38.3 Å². The van der Waals surface area contributed by atoms with Gasteiger partial charge in [-0.25, -0.2) is 5.01 Å². The molecule has 6 nitrogen and oxygen atoms in total. The number of anilines is 1. The van der Waals surface area contributed by atoms with Crippen molar-refractivity contribution in [3.05, 3.63) is 59.2 Å². The summed E-state index contributed by atoms with van der Waals surface area (Å²) >= 11 is 0. The summed E-state index contributed by atoms with van der Waals surface area (Å²) in [7, 11) is 4.84. The van der Waals surface area contributed by atoms with Gasteiger partial charge in [0, 0.05) is 25.6 Å². The summed E-state index contributed by atoms with van der Waals surface area (Å²) < 4.78 is 5.93. The number of aryl methyl sites for hydroxylation is 2. The van der Waals surface area contributed by atoms with Crippen molar-refractivity contribution in [1.82, 2.24) is 10.2 Å². The van der Waals surface area contributed by atoms with Crippen molar-refractivity contribution in [2.24, 2.45) is 11.0 Å². The van der Waals surface area contributed by atoms with Crippen molar-refractivity contribution in [3.8, 4) is 0 Å². The van der Waals surface area contributed by atoms with Gasteiger partial charge >= 0.3 is 0 Å².